The van der Waals surface area contributed by atoms with Crippen molar-refractivity contribution in [2.75, 3.05) is 26.7 Å². The van der Waals surface area contributed by atoms with Gasteiger partial charge >= 0.3 is 0 Å². The van der Waals surface area contributed by atoms with Crippen LogP contribution in [0, 0.1) is 0 Å². The van der Waals surface area contributed by atoms with Gasteiger partial charge in [0.05, 0.1) is 29.9 Å². The second-order valence-corrected chi connectivity index (χ2v) is 8.51. The number of para-hydroxylation sites is 1. The molecule has 29 heavy (non-hydrogen) atoms. The number of likely N-dealkylation sites (tertiary alicyclic amines) is 1. The lowest BCUT2D eigenvalue weighted by atomic mass is 10.0. The van der Waals surface area contributed by atoms with E-state index in [0.29, 0.717) is 13.1 Å². The molecule has 0 aliphatic carbocycles. The van der Waals surface area contributed by atoms with E-state index >= 15 is 0 Å². The Morgan fingerprint density at radius 1 is 1.21 bits per heavy atom. The first kappa shape index (κ1) is 19.9. The molecule has 1 aromatic heterocycles. The van der Waals surface area contributed by atoms with E-state index in [2.05, 4.69) is 28.4 Å². The number of aromatic nitrogens is 1. The van der Waals surface area contributed by atoms with Crippen LogP contribution in [-0.4, -0.2) is 42.5 Å². The van der Waals surface area contributed by atoms with E-state index in [9.17, 15) is 4.79 Å². The summed E-state index contributed by atoms with van der Waals surface area (Å²) in [4.78, 5) is 19.7. The third kappa shape index (κ3) is 4.95. The molecule has 3 aromatic rings. The molecular weight excluding hydrogens is 382 g/mol. The van der Waals surface area contributed by atoms with E-state index in [1.807, 2.05) is 30.3 Å². The van der Waals surface area contributed by atoms with Gasteiger partial charge in [-0.25, -0.2) is 4.98 Å². The molecule has 1 N–H and O–H groups in total. The Kier molecular flexibility index (Phi) is 6.42. The highest BCUT2D eigenvalue weighted by molar-refractivity contribution is 7.18. The first-order chi connectivity index (χ1) is 14.2. The molecule has 1 fully saturated rings. The minimum Gasteiger partial charge on any atom is -0.497 e. The van der Waals surface area contributed by atoms with Crippen molar-refractivity contribution in [2.45, 2.75) is 31.7 Å². The molecule has 1 atom stereocenters. The third-order valence-electron chi connectivity index (χ3n) is 5.45. The van der Waals surface area contributed by atoms with Gasteiger partial charge in [-0.05, 0) is 55.6 Å². The number of carbonyl (C=O) groups excluding carboxylic acids is 1. The number of piperidine rings is 1. The van der Waals surface area contributed by atoms with Crippen molar-refractivity contribution in [3.05, 3.63) is 59.1 Å². The van der Waals surface area contributed by atoms with Crippen LogP contribution in [0.15, 0.2) is 48.5 Å². The standard InChI is InChI=1S/C23H27N3O2S/c1-28-18-11-9-17(10-12-18)13-14-24-22(27)16-26-15-5-4-7-20(26)23-25-19-6-2-3-8-21(19)29-23/h2-3,6,8-12,20H,4-5,7,13-16H2,1H3,(H,24,27)/t20-/m1/s1. The Labute approximate surface area is 175 Å². The maximum absolute atomic E-state index is 12.6. The number of ether oxygens (including phenoxy) is 1. The van der Waals surface area contributed by atoms with Crippen LogP contribution >= 0.6 is 11.3 Å². The zero-order valence-electron chi connectivity index (χ0n) is 16.8. The number of thiazole rings is 1. The Morgan fingerprint density at radius 2 is 2.03 bits per heavy atom. The van der Waals surface area contributed by atoms with E-state index in [1.165, 1.54) is 16.7 Å². The molecule has 2 aromatic carbocycles. The highest BCUT2D eigenvalue weighted by Gasteiger charge is 2.28. The molecule has 1 saturated heterocycles. The SMILES string of the molecule is COc1ccc(CCNC(=O)CN2CCCC[C@@H]2c2nc3ccccc3s2)cc1. The second kappa shape index (κ2) is 9.37. The van der Waals surface area contributed by atoms with Crippen LogP contribution in [0.4, 0.5) is 0 Å². The van der Waals surface area contributed by atoms with Gasteiger partial charge in [0.2, 0.25) is 5.91 Å². The van der Waals surface area contributed by atoms with Crippen LogP contribution < -0.4 is 10.1 Å². The summed E-state index contributed by atoms with van der Waals surface area (Å²) in [7, 11) is 1.66. The first-order valence-electron chi connectivity index (χ1n) is 10.2. The minimum absolute atomic E-state index is 0.0894. The van der Waals surface area contributed by atoms with Crippen molar-refractivity contribution in [3.8, 4) is 5.75 Å². The fourth-order valence-corrected chi connectivity index (χ4v) is 5.01. The smallest absolute Gasteiger partial charge is 0.234 e. The summed E-state index contributed by atoms with van der Waals surface area (Å²) < 4.78 is 6.40. The molecule has 5 nitrogen and oxygen atoms in total. The Morgan fingerprint density at radius 3 is 2.83 bits per heavy atom. The molecule has 0 radical (unpaired) electrons. The van der Waals surface area contributed by atoms with Gasteiger partial charge in [0.25, 0.3) is 0 Å². The van der Waals surface area contributed by atoms with Gasteiger partial charge in [0.15, 0.2) is 0 Å². The van der Waals surface area contributed by atoms with Crippen LogP contribution in [0.3, 0.4) is 0 Å². The molecule has 6 heteroatoms. The fourth-order valence-electron chi connectivity index (χ4n) is 3.87. The Bertz CT molecular complexity index is 921. The summed E-state index contributed by atoms with van der Waals surface area (Å²) in [6, 6.07) is 16.5. The van der Waals surface area contributed by atoms with Gasteiger partial charge in [0, 0.05) is 6.54 Å². The number of carbonyl (C=O) groups is 1. The summed E-state index contributed by atoms with van der Waals surface area (Å²) in [6.45, 7) is 2.03. The van der Waals surface area contributed by atoms with E-state index in [4.69, 9.17) is 9.72 Å². The molecule has 0 unspecified atom stereocenters. The lowest BCUT2D eigenvalue weighted by Gasteiger charge is -2.33. The molecule has 152 valence electrons. The summed E-state index contributed by atoms with van der Waals surface area (Å²) in [5.41, 5.74) is 2.25. The molecule has 4 rings (SSSR count). The highest BCUT2D eigenvalue weighted by Crippen LogP contribution is 2.35. The maximum Gasteiger partial charge on any atom is 0.234 e. The molecular formula is C23H27N3O2S. The van der Waals surface area contributed by atoms with Gasteiger partial charge in [-0.3, -0.25) is 9.69 Å². The number of benzene rings is 2. The predicted molar refractivity (Wildman–Crippen MR) is 117 cm³/mol. The topological polar surface area (TPSA) is 54.5 Å². The van der Waals surface area contributed by atoms with Gasteiger partial charge in [0.1, 0.15) is 10.8 Å². The lowest BCUT2D eigenvalue weighted by molar-refractivity contribution is -0.123. The zero-order valence-corrected chi connectivity index (χ0v) is 17.6. The van der Waals surface area contributed by atoms with E-state index in [-0.39, 0.29) is 11.9 Å². The number of amides is 1. The summed E-state index contributed by atoms with van der Waals surface area (Å²) in [5.74, 6) is 0.940. The largest absolute Gasteiger partial charge is 0.497 e. The Balaban J connectivity index is 1.33. The van der Waals surface area contributed by atoms with Gasteiger partial charge in [-0.2, -0.15) is 0 Å². The summed E-state index contributed by atoms with van der Waals surface area (Å²) >= 11 is 1.76. The maximum atomic E-state index is 12.6. The molecule has 0 spiro atoms. The number of nitrogens with one attached hydrogen (secondary N) is 1. The number of hydrogen-bond acceptors (Lipinski definition) is 5. The van der Waals surface area contributed by atoms with Gasteiger partial charge < -0.3 is 10.1 Å². The lowest BCUT2D eigenvalue weighted by Crippen LogP contribution is -2.42. The number of rotatable bonds is 7. The monoisotopic (exact) mass is 409 g/mol. The van der Waals surface area contributed by atoms with Crippen LogP contribution in [0.2, 0.25) is 0 Å². The van der Waals surface area contributed by atoms with Crippen molar-refractivity contribution >= 4 is 27.5 Å². The number of methoxy groups -OCH3 is 1. The average Bonchev–Trinajstić information content (AvgIpc) is 3.19. The quantitative estimate of drug-likeness (QED) is 0.636. The van der Waals surface area contributed by atoms with Crippen molar-refractivity contribution in [1.82, 2.24) is 15.2 Å². The average molecular weight is 410 g/mol. The molecule has 0 saturated carbocycles. The minimum atomic E-state index is 0.0894. The van der Waals surface area contributed by atoms with Crippen LogP contribution in [-0.2, 0) is 11.2 Å². The highest BCUT2D eigenvalue weighted by atomic mass is 32.1. The third-order valence-corrected chi connectivity index (χ3v) is 6.59. The van der Waals surface area contributed by atoms with Crippen LogP contribution in [0.25, 0.3) is 10.2 Å². The second-order valence-electron chi connectivity index (χ2n) is 7.45. The molecule has 2 heterocycles. The summed E-state index contributed by atoms with van der Waals surface area (Å²) in [6.07, 6.45) is 4.21. The van der Waals surface area contributed by atoms with E-state index < -0.39 is 0 Å². The summed E-state index contributed by atoms with van der Waals surface area (Å²) in [5, 5.41) is 4.21. The van der Waals surface area contributed by atoms with Gasteiger partial charge in [-0.15, -0.1) is 11.3 Å². The van der Waals surface area contributed by atoms with Crippen LogP contribution in [0.1, 0.15) is 35.9 Å². The van der Waals surface area contributed by atoms with Crippen molar-refractivity contribution < 1.29 is 9.53 Å². The van der Waals surface area contributed by atoms with Crippen LogP contribution in [0.5, 0.6) is 5.75 Å². The number of nitrogens with zero attached hydrogens (tertiary/aromatic N) is 2. The number of fused-ring (bicyclic) bond motifs is 1. The molecule has 0 bridgehead atoms. The normalized spacial score (nSPS) is 17.3. The Hall–Kier alpha value is -2.44. The zero-order chi connectivity index (χ0) is 20.1. The molecule has 1 aliphatic heterocycles. The molecule has 1 aliphatic rings. The predicted octanol–water partition coefficient (Wildman–Crippen LogP) is 4.19. The van der Waals surface area contributed by atoms with E-state index in [1.54, 1.807) is 18.4 Å². The molecule has 1 amide bonds. The number of hydrogen-bond donors (Lipinski definition) is 1. The first-order valence-corrected chi connectivity index (χ1v) is 11.0. The van der Waals surface area contributed by atoms with Crippen molar-refractivity contribution in [1.29, 1.82) is 0 Å². The van der Waals surface area contributed by atoms with E-state index in [0.717, 1.165) is 42.1 Å². The fraction of sp³-hybridized carbons (Fsp3) is 0.391. The van der Waals surface area contributed by atoms with Crippen molar-refractivity contribution in [2.24, 2.45) is 0 Å². The van der Waals surface area contributed by atoms with Crippen molar-refractivity contribution in [3.63, 3.8) is 0 Å². The van der Waals surface area contributed by atoms with Gasteiger partial charge in [-0.1, -0.05) is 30.7 Å².